The first-order valence-electron chi connectivity index (χ1n) is 14.6. The van der Waals surface area contributed by atoms with Crippen molar-refractivity contribution in [1.82, 2.24) is 0 Å². The Balaban J connectivity index is 1.65. The molecular weight excluding hydrogens is 432 g/mol. The van der Waals surface area contributed by atoms with Crippen LogP contribution in [0.2, 0.25) is 0 Å². The summed E-state index contributed by atoms with van der Waals surface area (Å²) in [6, 6.07) is 19.4. The number of rotatable bonds is 9. The summed E-state index contributed by atoms with van der Waals surface area (Å²) in [4.78, 5) is 0. The summed E-state index contributed by atoms with van der Waals surface area (Å²) in [5.74, 6) is 0.550. The van der Waals surface area contributed by atoms with E-state index in [0.29, 0.717) is 5.92 Å². The van der Waals surface area contributed by atoms with E-state index in [-0.39, 0.29) is 5.41 Å². The third-order valence-electron chi connectivity index (χ3n) is 8.49. The molecule has 0 aliphatic heterocycles. The van der Waals surface area contributed by atoms with Crippen LogP contribution >= 0.6 is 0 Å². The number of hydrogen-bond donors (Lipinski definition) is 0. The molecule has 3 aromatic carbocycles. The van der Waals surface area contributed by atoms with Crippen molar-refractivity contribution in [2.24, 2.45) is 0 Å². The van der Waals surface area contributed by atoms with Crippen molar-refractivity contribution in [1.29, 1.82) is 0 Å². The molecule has 0 nitrogen and oxygen atoms in total. The van der Waals surface area contributed by atoms with Crippen LogP contribution < -0.4 is 0 Å². The van der Waals surface area contributed by atoms with Crippen LogP contribution in [-0.4, -0.2) is 0 Å². The summed E-state index contributed by atoms with van der Waals surface area (Å²) in [7, 11) is 0. The molecule has 1 aliphatic carbocycles. The minimum atomic E-state index is 0.200. The molecule has 0 N–H and O–H groups in total. The third kappa shape index (κ3) is 5.80. The first kappa shape index (κ1) is 26.7. The summed E-state index contributed by atoms with van der Waals surface area (Å²) in [6.07, 6.45) is 10.7. The zero-order chi connectivity index (χ0) is 25.9. The maximum absolute atomic E-state index is 2.59. The van der Waals surface area contributed by atoms with Crippen LogP contribution in [0.15, 0.2) is 48.5 Å². The van der Waals surface area contributed by atoms with Gasteiger partial charge in [-0.25, -0.2) is 0 Å². The van der Waals surface area contributed by atoms with Gasteiger partial charge in [-0.05, 0) is 118 Å². The lowest BCUT2D eigenvalue weighted by Crippen LogP contribution is -2.11. The van der Waals surface area contributed by atoms with Crippen LogP contribution in [0.1, 0.15) is 123 Å². The second-order valence-electron chi connectivity index (χ2n) is 12.2. The summed E-state index contributed by atoms with van der Waals surface area (Å²) >= 11 is 0. The van der Waals surface area contributed by atoms with E-state index in [0.717, 1.165) is 25.7 Å². The van der Waals surface area contributed by atoms with Gasteiger partial charge in [0, 0.05) is 0 Å². The number of benzene rings is 3. The fourth-order valence-electron chi connectivity index (χ4n) is 6.38. The van der Waals surface area contributed by atoms with Crippen LogP contribution in [0.4, 0.5) is 0 Å². The second kappa shape index (κ2) is 11.4. The maximum Gasteiger partial charge on any atom is -0.00202 e. The Hall–Kier alpha value is -2.34. The van der Waals surface area contributed by atoms with Crippen molar-refractivity contribution in [3.8, 4) is 0 Å². The predicted molar refractivity (Wildman–Crippen MR) is 158 cm³/mol. The molecule has 0 radical (unpaired) electrons. The molecule has 0 heterocycles. The van der Waals surface area contributed by atoms with Gasteiger partial charge >= 0.3 is 0 Å². The van der Waals surface area contributed by atoms with E-state index in [9.17, 15) is 0 Å². The molecular formula is C36H48. The highest BCUT2D eigenvalue weighted by atomic mass is 14.3. The molecule has 0 bridgehead atoms. The Morgan fingerprint density at radius 1 is 0.750 bits per heavy atom. The van der Waals surface area contributed by atoms with E-state index in [4.69, 9.17) is 0 Å². The molecule has 36 heavy (non-hydrogen) atoms. The van der Waals surface area contributed by atoms with Gasteiger partial charge in [-0.3, -0.25) is 0 Å². The lowest BCUT2D eigenvalue weighted by molar-refractivity contribution is 0.590. The summed E-state index contributed by atoms with van der Waals surface area (Å²) in [5, 5.41) is 0. The highest BCUT2D eigenvalue weighted by Gasteiger charge is 2.20. The normalized spacial score (nSPS) is 14.2. The summed E-state index contributed by atoms with van der Waals surface area (Å²) < 4.78 is 0. The van der Waals surface area contributed by atoms with E-state index in [1.54, 1.807) is 38.9 Å². The van der Waals surface area contributed by atoms with Crippen LogP contribution in [0.3, 0.4) is 0 Å². The molecule has 0 aromatic heterocycles. The SMILES string of the molecule is CCCc1cc2c(cc1C(C)Cc1ccc(CC)c(Cc3ccc(C(C)(C)C)cc3)c1CC)CCC2. The molecule has 1 atom stereocenters. The number of aryl methyl sites for hydroxylation is 4. The van der Waals surface area contributed by atoms with Crippen molar-refractivity contribution < 1.29 is 0 Å². The Kier molecular flexibility index (Phi) is 8.44. The molecule has 0 amide bonds. The quantitative estimate of drug-likeness (QED) is 0.286. The first-order valence-corrected chi connectivity index (χ1v) is 14.6. The van der Waals surface area contributed by atoms with Gasteiger partial charge in [0.15, 0.2) is 0 Å². The monoisotopic (exact) mass is 480 g/mol. The van der Waals surface area contributed by atoms with Crippen molar-refractivity contribution in [2.75, 3.05) is 0 Å². The van der Waals surface area contributed by atoms with Crippen molar-refractivity contribution in [2.45, 2.75) is 118 Å². The van der Waals surface area contributed by atoms with E-state index in [2.05, 4.69) is 97.0 Å². The largest absolute Gasteiger partial charge is 0.0651 e. The second-order valence-corrected chi connectivity index (χ2v) is 12.2. The Bertz CT molecular complexity index is 1170. The highest BCUT2D eigenvalue weighted by Crippen LogP contribution is 2.34. The molecule has 1 aliphatic rings. The number of hydrogen-bond acceptors (Lipinski definition) is 0. The Labute approximate surface area is 221 Å². The van der Waals surface area contributed by atoms with Gasteiger partial charge in [0.1, 0.15) is 0 Å². The molecule has 4 rings (SSSR count). The highest BCUT2D eigenvalue weighted by molar-refractivity contribution is 5.47. The molecule has 0 heteroatoms. The zero-order valence-corrected chi connectivity index (χ0v) is 24.1. The smallest absolute Gasteiger partial charge is 0.00202 e. The molecule has 192 valence electrons. The number of fused-ring (bicyclic) bond motifs is 1. The van der Waals surface area contributed by atoms with Crippen LogP contribution in [0.25, 0.3) is 0 Å². The topological polar surface area (TPSA) is 0 Å². The molecule has 1 unspecified atom stereocenters. The first-order chi connectivity index (χ1) is 17.2. The molecule has 0 spiro atoms. The molecule has 0 saturated heterocycles. The summed E-state index contributed by atoms with van der Waals surface area (Å²) in [6.45, 7) is 16.3. The van der Waals surface area contributed by atoms with Crippen molar-refractivity contribution in [3.05, 3.63) is 104 Å². The van der Waals surface area contributed by atoms with Gasteiger partial charge in [0.25, 0.3) is 0 Å². The van der Waals surface area contributed by atoms with E-state index in [1.807, 2.05) is 0 Å². The van der Waals surface area contributed by atoms with Gasteiger partial charge < -0.3 is 0 Å². The summed E-state index contributed by atoms with van der Waals surface area (Å²) in [5.41, 5.74) is 15.8. The predicted octanol–water partition coefficient (Wildman–Crippen LogP) is 9.49. The van der Waals surface area contributed by atoms with Crippen LogP contribution in [0, 0.1) is 0 Å². The zero-order valence-electron chi connectivity index (χ0n) is 24.1. The van der Waals surface area contributed by atoms with Gasteiger partial charge in [0.05, 0.1) is 0 Å². The third-order valence-corrected chi connectivity index (χ3v) is 8.49. The van der Waals surface area contributed by atoms with Crippen molar-refractivity contribution >= 4 is 0 Å². The molecule has 0 fully saturated rings. The van der Waals surface area contributed by atoms with Crippen molar-refractivity contribution in [3.63, 3.8) is 0 Å². The Morgan fingerprint density at radius 2 is 1.42 bits per heavy atom. The lowest BCUT2D eigenvalue weighted by Gasteiger charge is -2.23. The molecule has 3 aromatic rings. The fourth-order valence-corrected chi connectivity index (χ4v) is 6.38. The minimum absolute atomic E-state index is 0.200. The average molecular weight is 481 g/mol. The lowest BCUT2D eigenvalue weighted by atomic mass is 9.82. The van der Waals surface area contributed by atoms with Gasteiger partial charge in [-0.2, -0.15) is 0 Å². The van der Waals surface area contributed by atoms with Gasteiger partial charge in [-0.1, -0.05) is 103 Å². The minimum Gasteiger partial charge on any atom is -0.0651 e. The van der Waals surface area contributed by atoms with Gasteiger partial charge in [-0.15, -0.1) is 0 Å². The molecule has 0 saturated carbocycles. The van der Waals surface area contributed by atoms with E-state index >= 15 is 0 Å². The fraction of sp³-hybridized carbons (Fsp3) is 0.500. The van der Waals surface area contributed by atoms with E-state index < -0.39 is 0 Å². The standard InChI is InChI=1S/C36H48/c1-8-12-30-23-28-13-11-14-29(28)24-34(30)25(4)21-31-18-17-27(9-2)35(33(31)10-3)22-26-15-19-32(20-16-26)36(5,6)7/h15-20,23-25H,8-14,21-22H2,1-7H3. The average Bonchev–Trinajstić information content (AvgIpc) is 3.31. The van der Waals surface area contributed by atoms with E-state index in [1.165, 1.54) is 48.8 Å². The van der Waals surface area contributed by atoms with Crippen LogP contribution in [0.5, 0.6) is 0 Å². The van der Waals surface area contributed by atoms with Gasteiger partial charge in [0.2, 0.25) is 0 Å². The maximum atomic E-state index is 2.59. The van der Waals surface area contributed by atoms with Crippen LogP contribution in [-0.2, 0) is 50.4 Å². The Morgan fingerprint density at radius 3 is 2.03 bits per heavy atom.